The molecule has 0 aliphatic carbocycles. The van der Waals surface area contributed by atoms with Crippen molar-refractivity contribution in [3.8, 4) is 6.07 Å². The van der Waals surface area contributed by atoms with E-state index >= 15 is 0 Å². The maximum atomic E-state index is 12.4. The van der Waals surface area contributed by atoms with Crippen molar-refractivity contribution in [2.45, 2.75) is 19.4 Å². The molecule has 118 valence electrons. The van der Waals surface area contributed by atoms with Gasteiger partial charge in [0.25, 0.3) is 0 Å². The number of nitriles is 1. The average Bonchev–Trinajstić information content (AvgIpc) is 2.98. The molecule has 2 atom stereocenters. The maximum absolute atomic E-state index is 12.4. The lowest BCUT2D eigenvalue weighted by Crippen LogP contribution is -2.37. The summed E-state index contributed by atoms with van der Waals surface area (Å²) < 4.78 is 1.96. The van der Waals surface area contributed by atoms with Gasteiger partial charge in [-0.05, 0) is 29.7 Å². The van der Waals surface area contributed by atoms with Crippen LogP contribution in [0.1, 0.15) is 24.1 Å². The zero-order chi connectivity index (χ0) is 16.7. The molecule has 4 rings (SSSR count). The molecule has 0 bridgehead atoms. The van der Waals surface area contributed by atoms with Gasteiger partial charge in [-0.2, -0.15) is 5.26 Å². The molecule has 5 nitrogen and oxygen atoms in total. The number of nitrogens with zero attached hydrogens (tertiary/aromatic N) is 3. The molecule has 0 saturated heterocycles. The molecule has 3 aromatic rings. The molecule has 2 heterocycles. The summed E-state index contributed by atoms with van der Waals surface area (Å²) in [4.78, 5) is 16.9. The van der Waals surface area contributed by atoms with Crippen LogP contribution >= 0.6 is 0 Å². The topological polar surface area (TPSA) is 70.7 Å². The highest BCUT2D eigenvalue weighted by atomic mass is 16.2. The van der Waals surface area contributed by atoms with Crippen molar-refractivity contribution in [2.24, 2.45) is 5.92 Å². The SMILES string of the molecule is CCc1ccc([C@H]2[C@@H](C#N)C(=O)Nc3nc4ccccc4n32)cc1. The van der Waals surface area contributed by atoms with Crippen molar-refractivity contribution < 1.29 is 4.79 Å². The minimum absolute atomic E-state index is 0.301. The van der Waals surface area contributed by atoms with E-state index < -0.39 is 5.92 Å². The highest BCUT2D eigenvalue weighted by molar-refractivity contribution is 5.97. The maximum Gasteiger partial charge on any atom is 0.246 e. The Morgan fingerprint density at radius 2 is 1.96 bits per heavy atom. The van der Waals surface area contributed by atoms with E-state index in [0.29, 0.717) is 5.95 Å². The Morgan fingerprint density at radius 1 is 1.21 bits per heavy atom. The van der Waals surface area contributed by atoms with Gasteiger partial charge in [0, 0.05) is 0 Å². The number of nitrogens with one attached hydrogen (secondary N) is 1. The number of benzene rings is 2. The molecule has 0 saturated carbocycles. The number of fused-ring (bicyclic) bond motifs is 3. The van der Waals surface area contributed by atoms with Crippen LogP contribution in [0.5, 0.6) is 0 Å². The number of carbonyl (C=O) groups is 1. The van der Waals surface area contributed by atoms with Crippen molar-refractivity contribution >= 4 is 22.9 Å². The van der Waals surface area contributed by atoms with Crippen LogP contribution in [0.2, 0.25) is 0 Å². The first-order valence-electron chi connectivity index (χ1n) is 7.99. The Morgan fingerprint density at radius 3 is 2.67 bits per heavy atom. The van der Waals surface area contributed by atoms with Gasteiger partial charge in [0.05, 0.1) is 23.1 Å². The van der Waals surface area contributed by atoms with Crippen LogP contribution in [-0.2, 0) is 11.2 Å². The number of hydrogen-bond donors (Lipinski definition) is 1. The van der Waals surface area contributed by atoms with Gasteiger partial charge < -0.3 is 4.57 Å². The summed E-state index contributed by atoms with van der Waals surface area (Å²) in [6.07, 6.45) is 0.951. The van der Waals surface area contributed by atoms with Gasteiger partial charge in [0.1, 0.15) is 0 Å². The van der Waals surface area contributed by atoms with Gasteiger partial charge in [0.2, 0.25) is 11.9 Å². The summed E-state index contributed by atoms with van der Waals surface area (Å²) in [6.45, 7) is 2.10. The number of aromatic nitrogens is 2. The fraction of sp³-hybridized carbons (Fsp3) is 0.211. The molecule has 1 N–H and O–H groups in total. The van der Waals surface area contributed by atoms with E-state index in [1.54, 1.807) is 0 Å². The minimum Gasteiger partial charge on any atom is -0.300 e. The van der Waals surface area contributed by atoms with Crippen molar-refractivity contribution in [3.05, 3.63) is 59.7 Å². The molecule has 0 fully saturated rings. The van der Waals surface area contributed by atoms with Gasteiger partial charge in [-0.1, -0.05) is 43.3 Å². The lowest BCUT2D eigenvalue weighted by molar-refractivity contribution is -0.119. The van der Waals surface area contributed by atoms with Crippen LogP contribution in [-0.4, -0.2) is 15.5 Å². The van der Waals surface area contributed by atoms with Crippen molar-refractivity contribution in [1.82, 2.24) is 9.55 Å². The number of para-hydroxylation sites is 2. The number of amides is 1. The number of carbonyl (C=O) groups excluding carboxylic acids is 1. The van der Waals surface area contributed by atoms with Crippen LogP contribution < -0.4 is 5.32 Å². The second kappa shape index (κ2) is 5.50. The fourth-order valence-corrected chi connectivity index (χ4v) is 3.32. The molecular formula is C19H16N4O. The monoisotopic (exact) mass is 316 g/mol. The quantitative estimate of drug-likeness (QED) is 0.788. The van der Waals surface area contributed by atoms with Crippen molar-refractivity contribution in [3.63, 3.8) is 0 Å². The third-order valence-corrected chi connectivity index (χ3v) is 4.58. The summed E-state index contributed by atoms with van der Waals surface area (Å²) >= 11 is 0. The van der Waals surface area contributed by atoms with Gasteiger partial charge >= 0.3 is 0 Å². The van der Waals surface area contributed by atoms with E-state index in [0.717, 1.165) is 23.0 Å². The van der Waals surface area contributed by atoms with E-state index in [4.69, 9.17) is 0 Å². The summed E-state index contributed by atoms with van der Waals surface area (Å²) in [5.74, 6) is -0.593. The highest BCUT2D eigenvalue weighted by Gasteiger charge is 2.38. The average molecular weight is 316 g/mol. The van der Waals surface area contributed by atoms with Crippen LogP contribution in [0.4, 0.5) is 5.95 Å². The number of aryl methyl sites for hydroxylation is 1. The van der Waals surface area contributed by atoms with Gasteiger partial charge in [-0.15, -0.1) is 0 Å². The highest BCUT2D eigenvalue weighted by Crippen LogP contribution is 2.37. The number of rotatable bonds is 2. The number of hydrogen-bond acceptors (Lipinski definition) is 3. The van der Waals surface area contributed by atoms with E-state index in [2.05, 4.69) is 35.4 Å². The third kappa shape index (κ3) is 2.08. The second-order valence-electron chi connectivity index (χ2n) is 5.93. The van der Waals surface area contributed by atoms with Crippen LogP contribution in [0.3, 0.4) is 0 Å². The Hall–Kier alpha value is -3.13. The van der Waals surface area contributed by atoms with Gasteiger partial charge in [-0.3, -0.25) is 10.1 Å². The number of anilines is 1. The Kier molecular flexibility index (Phi) is 3.31. The molecule has 2 aromatic carbocycles. The van der Waals surface area contributed by atoms with E-state index in [9.17, 15) is 10.1 Å². The van der Waals surface area contributed by atoms with Crippen LogP contribution in [0.15, 0.2) is 48.5 Å². The minimum atomic E-state index is -0.789. The summed E-state index contributed by atoms with van der Waals surface area (Å²) in [5.41, 5.74) is 3.89. The molecule has 1 aromatic heterocycles. The summed E-state index contributed by atoms with van der Waals surface area (Å²) in [5, 5.41) is 12.3. The Labute approximate surface area is 139 Å². The molecular weight excluding hydrogens is 300 g/mol. The summed E-state index contributed by atoms with van der Waals surface area (Å²) in [7, 11) is 0. The first-order valence-corrected chi connectivity index (χ1v) is 7.99. The van der Waals surface area contributed by atoms with Crippen LogP contribution in [0.25, 0.3) is 11.0 Å². The lowest BCUT2D eigenvalue weighted by atomic mass is 9.90. The van der Waals surface area contributed by atoms with E-state index in [1.165, 1.54) is 5.56 Å². The molecule has 1 aliphatic heterocycles. The fourth-order valence-electron chi connectivity index (χ4n) is 3.32. The predicted molar refractivity (Wildman–Crippen MR) is 91.4 cm³/mol. The first kappa shape index (κ1) is 14.5. The van der Waals surface area contributed by atoms with E-state index in [1.807, 2.05) is 41.0 Å². The zero-order valence-corrected chi connectivity index (χ0v) is 13.2. The lowest BCUT2D eigenvalue weighted by Gasteiger charge is -2.30. The Bertz CT molecular complexity index is 965. The standard InChI is InChI=1S/C19H16N4O/c1-2-12-7-9-13(10-8-12)17-14(11-20)18(24)22-19-21-15-5-3-4-6-16(15)23(17)19/h3-10,14,17H,2H2,1H3,(H,21,22,24)/t14-,17+/m1/s1. The van der Waals surface area contributed by atoms with E-state index in [-0.39, 0.29) is 11.9 Å². The molecule has 1 amide bonds. The molecule has 1 aliphatic rings. The molecule has 0 spiro atoms. The summed E-state index contributed by atoms with van der Waals surface area (Å²) in [6, 6.07) is 17.6. The predicted octanol–water partition coefficient (Wildman–Crippen LogP) is 3.28. The second-order valence-corrected chi connectivity index (χ2v) is 5.93. The third-order valence-electron chi connectivity index (χ3n) is 4.58. The largest absolute Gasteiger partial charge is 0.300 e. The van der Waals surface area contributed by atoms with Crippen molar-refractivity contribution in [1.29, 1.82) is 5.26 Å². The Balaban J connectivity index is 1.95. The smallest absolute Gasteiger partial charge is 0.246 e. The number of imidazole rings is 1. The van der Waals surface area contributed by atoms with Gasteiger partial charge in [-0.25, -0.2) is 4.98 Å². The molecule has 5 heteroatoms. The molecule has 0 radical (unpaired) electrons. The van der Waals surface area contributed by atoms with Gasteiger partial charge in [0.15, 0.2) is 5.92 Å². The van der Waals surface area contributed by atoms with Crippen LogP contribution in [0, 0.1) is 17.2 Å². The molecule has 24 heavy (non-hydrogen) atoms. The first-order chi connectivity index (χ1) is 11.7. The molecule has 0 unspecified atom stereocenters. The zero-order valence-electron chi connectivity index (χ0n) is 13.2. The normalized spacial score (nSPS) is 19.6. The van der Waals surface area contributed by atoms with Crippen molar-refractivity contribution in [2.75, 3.05) is 5.32 Å².